The van der Waals surface area contributed by atoms with E-state index in [9.17, 15) is 13.9 Å². The topological polar surface area (TPSA) is 46.2 Å². The lowest BCUT2D eigenvalue weighted by molar-refractivity contribution is -0.0674. The molecule has 1 aromatic rings. The molecular weight excluding hydrogens is 224 g/mol. The minimum atomic E-state index is -1.51. The second-order valence-electron chi connectivity index (χ2n) is 4.79. The highest BCUT2D eigenvalue weighted by atomic mass is 19.2. The third-order valence-electron chi connectivity index (χ3n) is 3.88. The van der Waals surface area contributed by atoms with Gasteiger partial charge in [-0.05, 0) is 19.4 Å². The van der Waals surface area contributed by atoms with E-state index in [0.29, 0.717) is 6.42 Å². The monoisotopic (exact) mass is 243 g/mol. The van der Waals surface area contributed by atoms with E-state index in [4.69, 9.17) is 5.73 Å². The summed E-state index contributed by atoms with van der Waals surface area (Å²) in [4.78, 5) is 0. The zero-order valence-corrected chi connectivity index (χ0v) is 10.4. The van der Waals surface area contributed by atoms with E-state index in [0.717, 1.165) is 6.07 Å². The molecule has 96 valence electrons. The Morgan fingerprint density at radius 3 is 2.35 bits per heavy atom. The van der Waals surface area contributed by atoms with Crippen LogP contribution in [-0.4, -0.2) is 11.7 Å². The van der Waals surface area contributed by atoms with E-state index in [-0.39, 0.29) is 12.1 Å². The van der Waals surface area contributed by atoms with Crippen LogP contribution in [0.2, 0.25) is 0 Å². The van der Waals surface area contributed by atoms with Crippen LogP contribution in [0, 0.1) is 17.0 Å². The maximum atomic E-state index is 13.7. The summed E-state index contributed by atoms with van der Waals surface area (Å²) >= 11 is 0. The predicted molar refractivity (Wildman–Crippen MR) is 63.4 cm³/mol. The first-order chi connectivity index (χ1) is 7.80. The van der Waals surface area contributed by atoms with Crippen molar-refractivity contribution in [2.75, 3.05) is 6.54 Å². The van der Waals surface area contributed by atoms with E-state index in [1.54, 1.807) is 6.92 Å². The molecule has 1 rings (SSSR count). The van der Waals surface area contributed by atoms with Crippen molar-refractivity contribution < 1.29 is 13.9 Å². The molecule has 2 unspecified atom stereocenters. The van der Waals surface area contributed by atoms with Gasteiger partial charge in [-0.2, -0.15) is 0 Å². The van der Waals surface area contributed by atoms with Crippen LogP contribution in [0.5, 0.6) is 0 Å². The third kappa shape index (κ3) is 2.19. The summed E-state index contributed by atoms with van der Waals surface area (Å²) in [6.07, 6.45) is 0.562. The van der Waals surface area contributed by atoms with Gasteiger partial charge in [-0.3, -0.25) is 0 Å². The molecule has 0 spiro atoms. The lowest BCUT2D eigenvalue weighted by Crippen LogP contribution is -2.46. The van der Waals surface area contributed by atoms with Crippen LogP contribution < -0.4 is 5.73 Å². The van der Waals surface area contributed by atoms with Crippen molar-refractivity contribution in [3.05, 3.63) is 35.4 Å². The fraction of sp³-hybridized carbons (Fsp3) is 0.538. The van der Waals surface area contributed by atoms with Crippen LogP contribution >= 0.6 is 0 Å². The average Bonchev–Trinajstić information content (AvgIpc) is 2.31. The molecule has 2 nitrogen and oxygen atoms in total. The summed E-state index contributed by atoms with van der Waals surface area (Å²) in [7, 11) is 0. The second-order valence-corrected chi connectivity index (χ2v) is 4.79. The summed E-state index contributed by atoms with van der Waals surface area (Å²) < 4.78 is 26.9. The Morgan fingerprint density at radius 2 is 1.88 bits per heavy atom. The molecule has 17 heavy (non-hydrogen) atoms. The smallest absolute Gasteiger partial charge is 0.164 e. The van der Waals surface area contributed by atoms with Crippen molar-refractivity contribution >= 4 is 0 Å². The first-order valence-electron chi connectivity index (χ1n) is 5.67. The summed E-state index contributed by atoms with van der Waals surface area (Å²) in [5, 5.41) is 10.5. The number of benzene rings is 1. The number of hydrogen-bond acceptors (Lipinski definition) is 2. The normalized spacial score (nSPS) is 18.5. The lowest BCUT2D eigenvalue weighted by atomic mass is 9.69. The van der Waals surface area contributed by atoms with Crippen molar-refractivity contribution in [3.63, 3.8) is 0 Å². The minimum absolute atomic E-state index is 0.0488. The molecule has 0 heterocycles. The van der Waals surface area contributed by atoms with Crippen LogP contribution in [0.1, 0.15) is 32.8 Å². The maximum Gasteiger partial charge on any atom is 0.164 e. The molecule has 0 aliphatic carbocycles. The molecule has 0 amide bonds. The van der Waals surface area contributed by atoms with E-state index in [1.807, 2.05) is 6.92 Å². The summed E-state index contributed by atoms with van der Waals surface area (Å²) in [5.74, 6) is -1.97. The highest BCUT2D eigenvalue weighted by molar-refractivity contribution is 5.27. The molecule has 0 fully saturated rings. The molecule has 0 saturated carbocycles. The number of nitrogens with two attached hydrogens (primary N) is 1. The van der Waals surface area contributed by atoms with Crippen LogP contribution in [-0.2, 0) is 5.60 Å². The fourth-order valence-electron chi connectivity index (χ4n) is 1.89. The van der Waals surface area contributed by atoms with Gasteiger partial charge >= 0.3 is 0 Å². The third-order valence-corrected chi connectivity index (χ3v) is 3.88. The highest BCUT2D eigenvalue weighted by Gasteiger charge is 2.44. The number of rotatable bonds is 4. The van der Waals surface area contributed by atoms with Crippen molar-refractivity contribution in [1.29, 1.82) is 0 Å². The SMILES string of the molecule is CCC(C)(CN)C(C)(O)c1cccc(F)c1F. The average molecular weight is 243 g/mol. The molecule has 0 aliphatic heterocycles. The van der Waals surface area contributed by atoms with Crippen molar-refractivity contribution in [1.82, 2.24) is 0 Å². The number of aliphatic hydroxyl groups is 1. The minimum Gasteiger partial charge on any atom is -0.385 e. The van der Waals surface area contributed by atoms with Crippen LogP contribution in [0.25, 0.3) is 0 Å². The molecule has 1 aromatic carbocycles. The first kappa shape index (κ1) is 14.1. The molecule has 0 radical (unpaired) electrons. The Balaban J connectivity index is 3.35. The van der Waals surface area contributed by atoms with E-state index in [2.05, 4.69) is 0 Å². The first-order valence-corrected chi connectivity index (χ1v) is 5.67. The molecule has 0 saturated heterocycles. The van der Waals surface area contributed by atoms with Crippen molar-refractivity contribution in [3.8, 4) is 0 Å². The Hall–Kier alpha value is -1.00. The zero-order valence-electron chi connectivity index (χ0n) is 10.4. The van der Waals surface area contributed by atoms with Gasteiger partial charge in [-0.25, -0.2) is 8.78 Å². The molecule has 4 heteroatoms. The van der Waals surface area contributed by atoms with Crippen molar-refractivity contribution in [2.24, 2.45) is 11.1 Å². The molecular formula is C13H19F2NO. The van der Waals surface area contributed by atoms with E-state index < -0.39 is 22.7 Å². The van der Waals surface area contributed by atoms with Gasteiger partial charge in [0.25, 0.3) is 0 Å². The van der Waals surface area contributed by atoms with Gasteiger partial charge in [0.05, 0.1) is 5.60 Å². The molecule has 3 N–H and O–H groups in total. The maximum absolute atomic E-state index is 13.7. The molecule has 0 bridgehead atoms. The number of hydrogen-bond donors (Lipinski definition) is 2. The number of halogens is 2. The van der Waals surface area contributed by atoms with Gasteiger partial charge in [0, 0.05) is 17.5 Å². The molecule has 0 aromatic heterocycles. The predicted octanol–water partition coefficient (Wildman–Crippen LogP) is 2.55. The van der Waals surface area contributed by atoms with Gasteiger partial charge in [0.2, 0.25) is 0 Å². The zero-order chi connectivity index (χ0) is 13.3. The van der Waals surface area contributed by atoms with Gasteiger partial charge in [0.15, 0.2) is 11.6 Å². The van der Waals surface area contributed by atoms with Crippen molar-refractivity contribution in [2.45, 2.75) is 32.8 Å². The quantitative estimate of drug-likeness (QED) is 0.853. The van der Waals surface area contributed by atoms with Gasteiger partial charge < -0.3 is 10.8 Å². The van der Waals surface area contributed by atoms with E-state index in [1.165, 1.54) is 19.1 Å². The summed E-state index contributed by atoms with van der Waals surface area (Å²) in [6.45, 7) is 5.28. The Morgan fingerprint density at radius 1 is 1.29 bits per heavy atom. The van der Waals surface area contributed by atoms with Gasteiger partial charge in [-0.15, -0.1) is 0 Å². The highest BCUT2D eigenvalue weighted by Crippen LogP contribution is 2.42. The summed E-state index contributed by atoms with van der Waals surface area (Å²) in [5.41, 5.74) is 3.39. The van der Waals surface area contributed by atoms with Gasteiger partial charge in [0.1, 0.15) is 0 Å². The van der Waals surface area contributed by atoms with Crippen LogP contribution in [0.4, 0.5) is 8.78 Å². The van der Waals surface area contributed by atoms with Gasteiger partial charge in [-0.1, -0.05) is 26.0 Å². The Labute approximate surface area is 100 Å². The largest absolute Gasteiger partial charge is 0.385 e. The van der Waals surface area contributed by atoms with E-state index >= 15 is 0 Å². The Kier molecular flexibility index (Phi) is 3.89. The molecule has 0 aliphatic rings. The van der Waals surface area contributed by atoms with Crippen LogP contribution in [0.3, 0.4) is 0 Å². The fourth-order valence-corrected chi connectivity index (χ4v) is 1.89. The van der Waals surface area contributed by atoms with Crippen LogP contribution in [0.15, 0.2) is 18.2 Å². The Bertz CT molecular complexity index is 400. The lowest BCUT2D eigenvalue weighted by Gasteiger charge is -2.42. The summed E-state index contributed by atoms with van der Waals surface area (Å²) in [6, 6.07) is 3.80. The molecule has 2 atom stereocenters. The standard InChI is InChI=1S/C13H19F2NO/c1-4-12(2,8-16)13(3,17)9-6-5-7-10(14)11(9)15/h5-7,17H,4,8,16H2,1-3H3. The second kappa shape index (κ2) is 4.70.